The summed E-state index contributed by atoms with van der Waals surface area (Å²) in [4.78, 5) is 13.9. The van der Waals surface area contributed by atoms with Gasteiger partial charge in [0, 0.05) is 61.5 Å². The molecule has 4 aromatic rings. The first-order valence-electron chi connectivity index (χ1n) is 10.4. The van der Waals surface area contributed by atoms with Crippen LogP contribution in [0.2, 0.25) is 0 Å². The van der Waals surface area contributed by atoms with E-state index in [0.29, 0.717) is 64.2 Å². The van der Waals surface area contributed by atoms with Gasteiger partial charge in [0.05, 0.1) is 33.2 Å². The van der Waals surface area contributed by atoms with E-state index in [1.165, 1.54) is 6.20 Å². The fraction of sp³-hybridized carbons (Fsp3) is 0.261. The number of nitrogens with two attached hydrogens (primary N) is 1. The maximum Gasteiger partial charge on any atom is 0.169 e. The summed E-state index contributed by atoms with van der Waals surface area (Å²) in [6.45, 7) is 3.68. The van der Waals surface area contributed by atoms with Crippen LogP contribution in [0.25, 0.3) is 33.1 Å². The summed E-state index contributed by atoms with van der Waals surface area (Å²) < 4.78 is 29.8. The lowest BCUT2D eigenvalue weighted by molar-refractivity contribution is 0.518. The first-order chi connectivity index (χ1) is 15.5. The maximum absolute atomic E-state index is 15.2. The van der Waals surface area contributed by atoms with Crippen molar-refractivity contribution >= 4 is 33.3 Å². The summed E-state index contributed by atoms with van der Waals surface area (Å²) in [7, 11) is 0. The summed E-state index contributed by atoms with van der Waals surface area (Å²) >= 11 is 0. The Morgan fingerprint density at radius 2 is 2.12 bits per heavy atom. The number of pyridine rings is 2. The molecule has 0 unspecified atom stereocenters. The highest BCUT2D eigenvalue weighted by molar-refractivity contribution is 6.18. The lowest BCUT2D eigenvalue weighted by atomic mass is 10.0. The number of fused-ring (bicyclic) bond motifs is 3. The number of benzene rings is 1. The molecular weight excluding hydrogens is 412 g/mol. The van der Waals surface area contributed by atoms with Crippen molar-refractivity contribution in [1.29, 1.82) is 5.26 Å². The number of nitriles is 1. The Labute approximate surface area is 182 Å². The van der Waals surface area contributed by atoms with Crippen LogP contribution in [-0.4, -0.2) is 40.6 Å². The monoisotopic (exact) mass is 433 g/mol. The number of aromatic amines is 1. The first-order valence-corrected chi connectivity index (χ1v) is 10.4. The second kappa shape index (κ2) is 7.73. The van der Waals surface area contributed by atoms with Crippen LogP contribution in [-0.2, 0) is 0 Å². The predicted molar refractivity (Wildman–Crippen MR) is 120 cm³/mol. The molecule has 4 heterocycles. The molecule has 162 valence electrons. The minimum Gasteiger partial charge on any atom is -0.384 e. The van der Waals surface area contributed by atoms with Crippen LogP contribution < -0.4 is 16.0 Å². The number of nitrogens with zero attached hydrogens (tertiary/aromatic N) is 4. The Morgan fingerprint density at radius 3 is 2.84 bits per heavy atom. The van der Waals surface area contributed by atoms with E-state index in [2.05, 4.69) is 31.2 Å². The molecule has 0 saturated carbocycles. The van der Waals surface area contributed by atoms with Crippen molar-refractivity contribution in [2.75, 3.05) is 29.9 Å². The van der Waals surface area contributed by atoms with E-state index in [-0.39, 0.29) is 11.4 Å². The number of halogens is 2. The Bertz CT molecular complexity index is 1390. The molecule has 4 N–H and O–H groups in total. The van der Waals surface area contributed by atoms with Crippen molar-refractivity contribution in [2.45, 2.75) is 19.4 Å². The number of hydrogen-bond acceptors (Lipinski definition) is 6. The third kappa shape index (κ3) is 3.11. The molecule has 1 aliphatic heterocycles. The van der Waals surface area contributed by atoms with Gasteiger partial charge in [-0.3, -0.25) is 4.98 Å². The zero-order valence-corrected chi connectivity index (χ0v) is 17.4. The van der Waals surface area contributed by atoms with Crippen LogP contribution in [0.1, 0.15) is 18.9 Å². The van der Waals surface area contributed by atoms with E-state index in [1.807, 2.05) is 6.92 Å². The van der Waals surface area contributed by atoms with Gasteiger partial charge in [0.1, 0.15) is 11.7 Å². The summed E-state index contributed by atoms with van der Waals surface area (Å²) in [6, 6.07) is 4.93. The van der Waals surface area contributed by atoms with Gasteiger partial charge >= 0.3 is 0 Å². The first kappa shape index (κ1) is 20.2. The molecule has 0 radical (unpaired) electrons. The molecule has 5 rings (SSSR count). The highest BCUT2D eigenvalue weighted by Gasteiger charge is 2.28. The molecule has 1 fully saturated rings. The number of hydrogen-bond donors (Lipinski definition) is 3. The van der Waals surface area contributed by atoms with Crippen LogP contribution >= 0.6 is 0 Å². The molecule has 1 saturated heterocycles. The van der Waals surface area contributed by atoms with Gasteiger partial charge in [0.25, 0.3) is 0 Å². The van der Waals surface area contributed by atoms with Crippen molar-refractivity contribution < 1.29 is 8.78 Å². The quantitative estimate of drug-likeness (QED) is 0.451. The highest BCUT2D eigenvalue weighted by Crippen LogP contribution is 2.43. The Hall–Kier alpha value is -3.77. The van der Waals surface area contributed by atoms with E-state index < -0.39 is 11.6 Å². The van der Waals surface area contributed by atoms with Gasteiger partial charge in [-0.05, 0) is 19.4 Å². The summed E-state index contributed by atoms with van der Waals surface area (Å²) in [5.41, 5.74) is 10.0. The van der Waals surface area contributed by atoms with Crippen LogP contribution in [0, 0.1) is 23.0 Å². The highest BCUT2D eigenvalue weighted by atomic mass is 19.2. The third-order valence-corrected chi connectivity index (χ3v) is 5.85. The molecule has 3 aromatic heterocycles. The van der Waals surface area contributed by atoms with Crippen molar-refractivity contribution in [2.24, 2.45) is 5.73 Å². The number of rotatable bonds is 4. The van der Waals surface area contributed by atoms with Gasteiger partial charge in [-0.2, -0.15) is 5.26 Å². The second-order valence-electron chi connectivity index (χ2n) is 7.94. The zero-order chi connectivity index (χ0) is 22.4. The van der Waals surface area contributed by atoms with E-state index in [0.717, 1.165) is 12.5 Å². The van der Waals surface area contributed by atoms with Crippen LogP contribution in [0.4, 0.5) is 20.2 Å². The SMILES string of the molecule is CCNc1cc(F)c(F)c2c1[nH]c1ncc(-c3cncc(C#N)c3)c(N3CC[C@@H](N)C3)c12. The molecule has 0 amide bonds. The topological polar surface area (TPSA) is 107 Å². The zero-order valence-electron chi connectivity index (χ0n) is 17.4. The largest absolute Gasteiger partial charge is 0.384 e. The van der Waals surface area contributed by atoms with Gasteiger partial charge in [0.15, 0.2) is 11.6 Å². The van der Waals surface area contributed by atoms with Crippen molar-refractivity contribution in [1.82, 2.24) is 15.0 Å². The van der Waals surface area contributed by atoms with E-state index in [9.17, 15) is 9.65 Å². The molecule has 1 aromatic carbocycles. The lowest BCUT2D eigenvalue weighted by Crippen LogP contribution is -2.26. The molecule has 9 heteroatoms. The van der Waals surface area contributed by atoms with Gasteiger partial charge in [-0.15, -0.1) is 0 Å². The summed E-state index contributed by atoms with van der Waals surface area (Å²) in [5, 5.41) is 13.0. The van der Waals surface area contributed by atoms with Gasteiger partial charge in [0.2, 0.25) is 0 Å². The number of aromatic nitrogens is 3. The lowest BCUT2D eigenvalue weighted by Gasteiger charge is -2.23. The molecule has 0 aliphatic carbocycles. The molecule has 1 atom stereocenters. The Balaban J connectivity index is 1.90. The average Bonchev–Trinajstić information content (AvgIpc) is 3.40. The van der Waals surface area contributed by atoms with Gasteiger partial charge < -0.3 is 20.9 Å². The number of H-pyrrole nitrogens is 1. The van der Waals surface area contributed by atoms with Crippen molar-refractivity contribution in [3.8, 4) is 17.2 Å². The Morgan fingerprint density at radius 1 is 1.28 bits per heavy atom. The predicted octanol–water partition coefficient (Wildman–Crippen LogP) is 3.90. The summed E-state index contributed by atoms with van der Waals surface area (Å²) in [6.07, 6.45) is 5.57. The summed E-state index contributed by atoms with van der Waals surface area (Å²) in [5.74, 6) is -1.86. The molecule has 32 heavy (non-hydrogen) atoms. The average molecular weight is 433 g/mol. The minimum atomic E-state index is -0.933. The van der Waals surface area contributed by atoms with E-state index >= 15 is 4.39 Å². The smallest absolute Gasteiger partial charge is 0.169 e. The normalized spacial score (nSPS) is 16.1. The fourth-order valence-electron chi connectivity index (χ4n) is 4.45. The Kier molecular flexibility index (Phi) is 4.87. The minimum absolute atomic E-state index is 0.0289. The number of anilines is 2. The standard InChI is InChI=1S/C23H21F2N7/c1-2-29-17-6-16(24)20(25)18-19-22(32-4-3-14(27)11-32)15(10-30-23(19)31-21(17)18)13-5-12(7-26)8-28-9-13/h5-6,8-10,14,29H,2-4,11,27H2,1H3,(H,30,31)/t14-/m1/s1. The number of nitrogens with one attached hydrogen (secondary N) is 2. The second-order valence-corrected chi connectivity index (χ2v) is 7.94. The molecular formula is C23H21F2N7. The molecule has 0 bridgehead atoms. The third-order valence-electron chi connectivity index (χ3n) is 5.85. The van der Waals surface area contributed by atoms with E-state index in [1.54, 1.807) is 18.5 Å². The van der Waals surface area contributed by atoms with Crippen LogP contribution in [0.5, 0.6) is 0 Å². The molecule has 0 spiro atoms. The van der Waals surface area contributed by atoms with Crippen LogP contribution in [0.15, 0.2) is 30.7 Å². The maximum atomic E-state index is 15.2. The van der Waals surface area contributed by atoms with E-state index in [4.69, 9.17) is 5.73 Å². The van der Waals surface area contributed by atoms with Crippen LogP contribution in [0.3, 0.4) is 0 Å². The molecule has 1 aliphatic rings. The molecule has 7 nitrogen and oxygen atoms in total. The van der Waals surface area contributed by atoms with Gasteiger partial charge in [-0.25, -0.2) is 13.8 Å². The fourth-order valence-corrected chi connectivity index (χ4v) is 4.45. The van der Waals surface area contributed by atoms with Crippen molar-refractivity contribution in [3.63, 3.8) is 0 Å². The van der Waals surface area contributed by atoms with Crippen molar-refractivity contribution in [3.05, 3.63) is 47.9 Å². The van der Waals surface area contributed by atoms with Gasteiger partial charge in [-0.1, -0.05) is 0 Å².